The van der Waals surface area contributed by atoms with Crippen LogP contribution in [0.3, 0.4) is 0 Å². The molecule has 20 heavy (non-hydrogen) atoms. The maximum Gasteiger partial charge on any atom is 0.237 e. The zero-order valence-electron chi connectivity index (χ0n) is 12.8. The van der Waals surface area contributed by atoms with Gasteiger partial charge in [-0.05, 0) is 39.2 Å². The van der Waals surface area contributed by atoms with Crippen LogP contribution in [-0.4, -0.2) is 47.2 Å². The molecule has 2 N–H and O–H groups in total. The summed E-state index contributed by atoms with van der Waals surface area (Å²) in [5.74, 6) is 0.150. The molecular weight excluding hydrogens is 252 g/mol. The topological polar surface area (TPSA) is 52.6 Å². The second kappa shape index (κ2) is 7.99. The Morgan fingerprint density at radius 3 is 2.50 bits per heavy atom. The lowest BCUT2D eigenvalue weighted by molar-refractivity contribution is -0.128. The van der Waals surface area contributed by atoms with Crippen LogP contribution in [0.1, 0.15) is 64.7 Å². The van der Waals surface area contributed by atoms with Crippen LogP contribution in [0.4, 0.5) is 0 Å². The quantitative estimate of drug-likeness (QED) is 0.830. The van der Waals surface area contributed by atoms with Gasteiger partial charge in [-0.25, -0.2) is 0 Å². The fourth-order valence-corrected chi connectivity index (χ4v) is 3.62. The van der Waals surface area contributed by atoms with Crippen molar-refractivity contribution in [2.45, 2.75) is 82.8 Å². The normalized spacial score (nSPS) is 27.8. The van der Waals surface area contributed by atoms with Gasteiger partial charge in [0.15, 0.2) is 0 Å². The van der Waals surface area contributed by atoms with E-state index >= 15 is 0 Å². The fourth-order valence-electron chi connectivity index (χ4n) is 3.62. The lowest BCUT2D eigenvalue weighted by atomic mass is 9.95. The van der Waals surface area contributed by atoms with Crippen molar-refractivity contribution in [3.05, 3.63) is 0 Å². The number of aliphatic hydroxyl groups excluding tert-OH is 1. The number of hydrogen-bond acceptors (Lipinski definition) is 3. The summed E-state index contributed by atoms with van der Waals surface area (Å²) in [6.07, 6.45) is 10.6. The average Bonchev–Trinajstić information content (AvgIpc) is 2.72. The molecule has 0 aromatic heterocycles. The number of carbonyl (C=O) groups excluding carboxylic acids is 1. The summed E-state index contributed by atoms with van der Waals surface area (Å²) >= 11 is 0. The van der Waals surface area contributed by atoms with E-state index in [1.807, 2.05) is 6.92 Å². The van der Waals surface area contributed by atoms with Crippen molar-refractivity contribution in [1.29, 1.82) is 0 Å². The molecule has 0 bridgehead atoms. The molecule has 2 atom stereocenters. The molecule has 1 heterocycles. The lowest BCUT2D eigenvalue weighted by Gasteiger charge is -2.34. The molecule has 1 saturated heterocycles. The highest BCUT2D eigenvalue weighted by Crippen LogP contribution is 2.21. The van der Waals surface area contributed by atoms with Gasteiger partial charge in [0.05, 0.1) is 12.6 Å². The summed E-state index contributed by atoms with van der Waals surface area (Å²) in [6.45, 7) is 3.09. The first-order chi connectivity index (χ1) is 9.72. The minimum atomic E-state index is -0.118. The number of likely N-dealkylation sites (tertiary alicyclic amines) is 1. The van der Waals surface area contributed by atoms with Crippen molar-refractivity contribution >= 4 is 5.91 Å². The summed E-state index contributed by atoms with van der Waals surface area (Å²) in [5.41, 5.74) is 0. The number of aliphatic hydroxyl groups is 1. The third kappa shape index (κ3) is 4.19. The van der Waals surface area contributed by atoms with E-state index in [1.165, 1.54) is 32.1 Å². The number of rotatable bonds is 4. The molecular formula is C16H30N2O2. The maximum absolute atomic E-state index is 12.4. The Bertz CT molecular complexity index is 303. The zero-order valence-corrected chi connectivity index (χ0v) is 12.8. The number of amides is 1. The molecule has 2 rings (SSSR count). The van der Waals surface area contributed by atoms with E-state index in [0.717, 1.165) is 32.2 Å². The number of carbonyl (C=O) groups is 1. The molecule has 1 amide bonds. The molecule has 0 radical (unpaired) electrons. The molecule has 2 fully saturated rings. The highest BCUT2D eigenvalue weighted by atomic mass is 16.3. The van der Waals surface area contributed by atoms with E-state index in [9.17, 15) is 9.90 Å². The first-order valence-electron chi connectivity index (χ1n) is 8.39. The minimum Gasteiger partial charge on any atom is -0.395 e. The SMILES string of the molecule is CC(C(=O)NC1CCCCC1)N1CCCCCC1CO. The van der Waals surface area contributed by atoms with E-state index < -0.39 is 0 Å². The summed E-state index contributed by atoms with van der Waals surface area (Å²) < 4.78 is 0. The van der Waals surface area contributed by atoms with Gasteiger partial charge in [-0.15, -0.1) is 0 Å². The lowest BCUT2D eigenvalue weighted by Crippen LogP contribution is -2.52. The molecule has 2 aliphatic rings. The second-order valence-corrected chi connectivity index (χ2v) is 6.44. The standard InChI is InChI=1S/C16H30N2O2/c1-13(16(20)17-14-8-4-2-5-9-14)18-11-7-3-6-10-15(18)12-19/h13-15,19H,2-12H2,1H3,(H,17,20). The molecule has 4 heteroatoms. The van der Waals surface area contributed by atoms with Crippen LogP contribution in [0.2, 0.25) is 0 Å². The van der Waals surface area contributed by atoms with Gasteiger partial charge in [0, 0.05) is 12.1 Å². The Morgan fingerprint density at radius 1 is 1.15 bits per heavy atom. The monoisotopic (exact) mass is 282 g/mol. The Hall–Kier alpha value is -0.610. The van der Waals surface area contributed by atoms with Gasteiger partial charge in [-0.2, -0.15) is 0 Å². The Balaban J connectivity index is 1.89. The third-order valence-corrected chi connectivity index (χ3v) is 4.96. The predicted molar refractivity (Wildman–Crippen MR) is 80.5 cm³/mol. The van der Waals surface area contributed by atoms with Crippen molar-refractivity contribution in [3.63, 3.8) is 0 Å². The van der Waals surface area contributed by atoms with Crippen LogP contribution < -0.4 is 5.32 Å². The number of hydrogen-bond donors (Lipinski definition) is 2. The molecule has 0 spiro atoms. The molecule has 1 aliphatic carbocycles. The van der Waals surface area contributed by atoms with Crippen LogP contribution in [0.5, 0.6) is 0 Å². The maximum atomic E-state index is 12.4. The Morgan fingerprint density at radius 2 is 1.80 bits per heavy atom. The molecule has 116 valence electrons. The van der Waals surface area contributed by atoms with Gasteiger partial charge >= 0.3 is 0 Å². The Labute approximate surface area is 122 Å². The van der Waals surface area contributed by atoms with Gasteiger partial charge in [0.1, 0.15) is 0 Å². The van der Waals surface area contributed by atoms with Crippen LogP contribution in [0.25, 0.3) is 0 Å². The van der Waals surface area contributed by atoms with Gasteiger partial charge in [0.25, 0.3) is 0 Å². The van der Waals surface area contributed by atoms with Crippen LogP contribution in [-0.2, 0) is 4.79 Å². The summed E-state index contributed by atoms with van der Waals surface area (Å²) in [7, 11) is 0. The van der Waals surface area contributed by atoms with Gasteiger partial charge in [-0.1, -0.05) is 32.1 Å². The summed E-state index contributed by atoms with van der Waals surface area (Å²) in [6, 6.07) is 0.412. The van der Waals surface area contributed by atoms with Crippen molar-refractivity contribution in [1.82, 2.24) is 10.2 Å². The molecule has 4 nitrogen and oxygen atoms in total. The van der Waals surface area contributed by atoms with E-state index in [4.69, 9.17) is 0 Å². The summed E-state index contributed by atoms with van der Waals surface area (Å²) in [4.78, 5) is 14.7. The van der Waals surface area contributed by atoms with Gasteiger partial charge in [0.2, 0.25) is 5.91 Å². The van der Waals surface area contributed by atoms with Crippen molar-refractivity contribution in [2.75, 3.05) is 13.2 Å². The molecule has 0 aromatic rings. The predicted octanol–water partition coefficient (Wildman–Crippen LogP) is 2.06. The van der Waals surface area contributed by atoms with E-state index in [-0.39, 0.29) is 24.6 Å². The van der Waals surface area contributed by atoms with Gasteiger partial charge < -0.3 is 10.4 Å². The first kappa shape index (κ1) is 15.8. The number of nitrogens with one attached hydrogen (secondary N) is 1. The molecule has 0 aromatic carbocycles. The smallest absolute Gasteiger partial charge is 0.237 e. The fraction of sp³-hybridized carbons (Fsp3) is 0.938. The summed E-state index contributed by atoms with van der Waals surface area (Å²) in [5, 5.41) is 12.8. The van der Waals surface area contributed by atoms with E-state index in [2.05, 4.69) is 10.2 Å². The molecule has 1 aliphatic heterocycles. The van der Waals surface area contributed by atoms with Crippen LogP contribution in [0.15, 0.2) is 0 Å². The van der Waals surface area contributed by atoms with Crippen LogP contribution >= 0.6 is 0 Å². The largest absolute Gasteiger partial charge is 0.395 e. The van der Waals surface area contributed by atoms with Gasteiger partial charge in [-0.3, -0.25) is 9.69 Å². The second-order valence-electron chi connectivity index (χ2n) is 6.44. The first-order valence-corrected chi connectivity index (χ1v) is 8.39. The molecule has 1 saturated carbocycles. The highest BCUT2D eigenvalue weighted by Gasteiger charge is 2.29. The van der Waals surface area contributed by atoms with Crippen molar-refractivity contribution in [3.8, 4) is 0 Å². The Kier molecular flexibility index (Phi) is 6.30. The van der Waals surface area contributed by atoms with E-state index in [1.54, 1.807) is 0 Å². The van der Waals surface area contributed by atoms with E-state index in [0.29, 0.717) is 6.04 Å². The van der Waals surface area contributed by atoms with Crippen molar-refractivity contribution < 1.29 is 9.90 Å². The molecule has 2 unspecified atom stereocenters. The zero-order chi connectivity index (χ0) is 14.4. The van der Waals surface area contributed by atoms with Crippen LogP contribution in [0, 0.1) is 0 Å². The third-order valence-electron chi connectivity index (χ3n) is 4.96. The number of nitrogens with zero attached hydrogens (tertiary/aromatic N) is 1. The highest BCUT2D eigenvalue weighted by molar-refractivity contribution is 5.81. The average molecular weight is 282 g/mol. The van der Waals surface area contributed by atoms with Crippen molar-refractivity contribution in [2.24, 2.45) is 0 Å². The minimum absolute atomic E-state index is 0.118.